The summed E-state index contributed by atoms with van der Waals surface area (Å²) in [6, 6.07) is 27.0. The van der Waals surface area contributed by atoms with Gasteiger partial charge >= 0.3 is 0 Å². The Morgan fingerprint density at radius 3 is 1.83 bits per heavy atom. The molecule has 1 atom stereocenters. The molecule has 0 aliphatic rings. The molecule has 0 aliphatic carbocycles. The number of para-hydroxylation sites is 2. The highest BCUT2D eigenvalue weighted by molar-refractivity contribution is 6.19. The fraction of sp³-hybridized carbons (Fsp3) is 0.0667. The molecule has 0 aliphatic heterocycles. The van der Waals surface area contributed by atoms with E-state index in [-0.39, 0.29) is 17.3 Å². The number of rotatable bonds is 8. The van der Waals surface area contributed by atoms with Gasteiger partial charge in [0.15, 0.2) is 23.1 Å². The average Bonchev–Trinajstić information content (AvgIpc) is 2.91. The van der Waals surface area contributed by atoms with E-state index in [0.29, 0.717) is 22.9 Å². The third-order valence-electron chi connectivity index (χ3n) is 4.82. The van der Waals surface area contributed by atoms with Gasteiger partial charge in [-0.3, -0.25) is 0 Å². The first-order chi connectivity index (χ1) is 17.5. The summed E-state index contributed by atoms with van der Waals surface area (Å²) < 4.78 is 38.1. The van der Waals surface area contributed by atoms with Gasteiger partial charge in [0.05, 0.1) is 6.10 Å². The molecule has 6 heteroatoms. The van der Waals surface area contributed by atoms with Gasteiger partial charge in [-0.15, -0.1) is 18.2 Å². The number of aliphatic hydroxyl groups is 1. The normalized spacial score (nSPS) is 11.3. The van der Waals surface area contributed by atoms with Crippen LogP contribution in [0.1, 0.15) is 17.2 Å². The fourth-order valence-electron chi connectivity index (χ4n) is 3.03. The van der Waals surface area contributed by atoms with Crippen LogP contribution in [-0.4, -0.2) is 11.0 Å². The first-order valence-corrected chi connectivity index (χ1v) is 11.6. The number of hydrogen-bond donors (Lipinski definition) is 1. The molecular weight excluding hydrogens is 482 g/mol. The third-order valence-corrected chi connectivity index (χ3v) is 4.99. The van der Waals surface area contributed by atoms with Crippen molar-refractivity contribution in [2.45, 2.75) is 6.10 Å². The van der Waals surface area contributed by atoms with Crippen LogP contribution in [0, 0.1) is 11.6 Å². The number of alkyl halides is 1. The molecule has 36 heavy (non-hydrogen) atoms. The van der Waals surface area contributed by atoms with E-state index in [9.17, 15) is 13.9 Å². The van der Waals surface area contributed by atoms with E-state index < -0.39 is 11.9 Å². The zero-order chi connectivity index (χ0) is 25.8. The number of halogens is 3. The highest BCUT2D eigenvalue weighted by atomic mass is 35.5. The minimum Gasteiger partial charge on any atom is -0.454 e. The molecule has 0 heterocycles. The van der Waals surface area contributed by atoms with Gasteiger partial charge in [-0.2, -0.15) is 0 Å². The SMILES string of the molecule is C=CC(O)c1ccc(F)c(Oc2ccccc2)c1.Fc1ccc(/C=C/CCl)cc1Oc1ccccc1. The molecular formula is C30H25ClF2O3. The summed E-state index contributed by atoms with van der Waals surface area (Å²) in [7, 11) is 0. The predicted octanol–water partition coefficient (Wildman–Crippen LogP) is 8.71. The second-order valence-corrected chi connectivity index (χ2v) is 7.76. The fourth-order valence-corrected chi connectivity index (χ4v) is 3.12. The second-order valence-electron chi connectivity index (χ2n) is 7.45. The number of hydrogen-bond acceptors (Lipinski definition) is 3. The molecule has 4 aromatic carbocycles. The topological polar surface area (TPSA) is 38.7 Å². The first-order valence-electron chi connectivity index (χ1n) is 11.1. The van der Waals surface area contributed by atoms with Gasteiger partial charge in [0, 0.05) is 5.88 Å². The number of aliphatic hydroxyl groups excluding tert-OH is 1. The number of benzene rings is 4. The lowest BCUT2D eigenvalue weighted by molar-refractivity contribution is 0.228. The van der Waals surface area contributed by atoms with Gasteiger partial charge in [0.2, 0.25) is 0 Å². The van der Waals surface area contributed by atoms with Crippen LogP contribution in [0.5, 0.6) is 23.0 Å². The van der Waals surface area contributed by atoms with E-state index in [4.69, 9.17) is 21.1 Å². The molecule has 0 aromatic heterocycles. The van der Waals surface area contributed by atoms with Crippen molar-refractivity contribution in [3.8, 4) is 23.0 Å². The predicted molar refractivity (Wildman–Crippen MR) is 141 cm³/mol. The van der Waals surface area contributed by atoms with Gasteiger partial charge in [0.25, 0.3) is 0 Å². The van der Waals surface area contributed by atoms with Crippen LogP contribution >= 0.6 is 11.6 Å². The van der Waals surface area contributed by atoms with Gasteiger partial charge < -0.3 is 14.6 Å². The maximum Gasteiger partial charge on any atom is 0.165 e. The summed E-state index contributed by atoms with van der Waals surface area (Å²) in [6.45, 7) is 3.49. The molecule has 0 amide bonds. The van der Waals surface area contributed by atoms with Crippen molar-refractivity contribution in [3.05, 3.63) is 139 Å². The Balaban J connectivity index is 0.000000201. The van der Waals surface area contributed by atoms with Gasteiger partial charge in [-0.1, -0.05) is 66.8 Å². The molecule has 0 spiro atoms. The lowest BCUT2D eigenvalue weighted by Gasteiger charge is -2.10. The zero-order valence-electron chi connectivity index (χ0n) is 19.4. The minimum absolute atomic E-state index is 0.0830. The molecule has 4 rings (SSSR count). The first kappa shape index (κ1) is 26.7. The van der Waals surface area contributed by atoms with Crippen molar-refractivity contribution in [1.29, 1.82) is 0 Å². The van der Waals surface area contributed by atoms with Crippen LogP contribution in [-0.2, 0) is 0 Å². The molecule has 1 unspecified atom stereocenters. The maximum absolute atomic E-state index is 13.6. The van der Waals surface area contributed by atoms with E-state index in [1.54, 1.807) is 54.6 Å². The maximum atomic E-state index is 13.6. The smallest absolute Gasteiger partial charge is 0.165 e. The van der Waals surface area contributed by atoms with Crippen LogP contribution in [0.2, 0.25) is 0 Å². The zero-order valence-corrected chi connectivity index (χ0v) is 20.1. The van der Waals surface area contributed by atoms with E-state index in [1.165, 1.54) is 30.3 Å². The van der Waals surface area contributed by atoms with Crippen molar-refractivity contribution < 1.29 is 23.4 Å². The highest BCUT2D eigenvalue weighted by Gasteiger charge is 2.10. The highest BCUT2D eigenvalue weighted by Crippen LogP contribution is 2.28. The van der Waals surface area contributed by atoms with E-state index in [1.807, 2.05) is 30.3 Å². The van der Waals surface area contributed by atoms with Crippen LogP contribution in [0.4, 0.5) is 8.78 Å². The van der Waals surface area contributed by atoms with Crippen molar-refractivity contribution in [1.82, 2.24) is 0 Å². The van der Waals surface area contributed by atoms with E-state index in [2.05, 4.69) is 6.58 Å². The van der Waals surface area contributed by atoms with Crippen molar-refractivity contribution >= 4 is 17.7 Å². The third kappa shape index (κ3) is 8.08. The van der Waals surface area contributed by atoms with Crippen LogP contribution in [0.3, 0.4) is 0 Å². The molecule has 0 fully saturated rings. The molecule has 4 aromatic rings. The van der Waals surface area contributed by atoms with E-state index in [0.717, 1.165) is 5.56 Å². The van der Waals surface area contributed by atoms with Crippen molar-refractivity contribution in [2.24, 2.45) is 0 Å². The summed E-state index contributed by atoms with van der Waals surface area (Å²) in [4.78, 5) is 0. The Hall–Kier alpha value is -3.93. The van der Waals surface area contributed by atoms with Crippen molar-refractivity contribution in [2.75, 3.05) is 5.88 Å². The molecule has 0 saturated heterocycles. The summed E-state index contributed by atoms with van der Waals surface area (Å²) in [5, 5.41) is 9.61. The quantitative estimate of drug-likeness (QED) is 0.192. The molecule has 184 valence electrons. The standard InChI is InChI=1S/C15H12ClFO.C15H13FO2/c16-10-4-5-12-8-9-14(17)15(11-12)18-13-6-2-1-3-7-13;1-2-14(17)11-8-9-13(16)15(10-11)18-12-6-4-3-5-7-12/h1-9,11H,10H2;2-10,14,17H,1H2/b5-4+;. The van der Waals surface area contributed by atoms with E-state index >= 15 is 0 Å². The largest absolute Gasteiger partial charge is 0.454 e. The van der Waals surface area contributed by atoms with Crippen LogP contribution < -0.4 is 9.47 Å². The summed E-state index contributed by atoms with van der Waals surface area (Å²) in [5.41, 5.74) is 1.39. The Morgan fingerprint density at radius 2 is 1.31 bits per heavy atom. The molecule has 0 bridgehead atoms. The number of ether oxygens (including phenoxy) is 2. The Morgan fingerprint density at radius 1 is 0.778 bits per heavy atom. The second kappa shape index (κ2) is 13.8. The van der Waals surface area contributed by atoms with Gasteiger partial charge in [-0.25, -0.2) is 8.78 Å². The van der Waals surface area contributed by atoms with Crippen LogP contribution in [0.25, 0.3) is 6.08 Å². The average molecular weight is 507 g/mol. The number of allylic oxidation sites excluding steroid dienone is 1. The Bertz CT molecular complexity index is 1280. The summed E-state index contributed by atoms with van der Waals surface area (Å²) in [5.74, 6) is 1.00. The van der Waals surface area contributed by atoms with Gasteiger partial charge in [-0.05, 0) is 59.7 Å². The molecule has 0 saturated carbocycles. The van der Waals surface area contributed by atoms with Crippen molar-refractivity contribution in [3.63, 3.8) is 0 Å². The summed E-state index contributed by atoms with van der Waals surface area (Å²) in [6.07, 6.45) is 4.16. The lowest BCUT2D eigenvalue weighted by Crippen LogP contribution is -1.95. The molecule has 3 nitrogen and oxygen atoms in total. The van der Waals surface area contributed by atoms with Gasteiger partial charge in [0.1, 0.15) is 11.5 Å². The Labute approximate surface area is 214 Å². The monoisotopic (exact) mass is 506 g/mol. The Kier molecular flexibility index (Phi) is 10.2. The molecule has 0 radical (unpaired) electrons. The minimum atomic E-state index is -0.830. The molecule has 1 N–H and O–H groups in total. The lowest BCUT2D eigenvalue weighted by atomic mass is 10.1. The summed E-state index contributed by atoms with van der Waals surface area (Å²) >= 11 is 5.56. The van der Waals surface area contributed by atoms with Crippen LogP contribution in [0.15, 0.2) is 116 Å².